The Bertz CT molecular complexity index is 704. The molecule has 0 aliphatic heterocycles. The first-order valence-electron chi connectivity index (χ1n) is 6.44. The molecule has 4 nitrogen and oxygen atoms in total. The van der Waals surface area contributed by atoms with Gasteiger partial charge in [0.05, 0.1) is 4.47 Å². The molecule has 2 aromatic rings. The van der Waals surface area contributed by atoms with E-state index in [4.69, 9.17) is 10.6 Å². The van der Waals surface area contributed by atoms with E-state index in [1.54, 1.807) is 42.5 Å². The number of hydrogen-bond acceptors (Lipinski definition) is 3. The summed E-state index contributed by atoms with van der Waals surface area (Å²) in [5, 5.41) is 0. The highest BCUT2D eigenvalue weighted by atomic mass is 79.9. The van der Waals surface area contributed by atoms with Gasteiger partial charge in [0.1, 0.15) is 18.2 Å². The van der Waals surface area contributed by atoms with Gasteiger partial charge in [0.25, 0.3) is 5.91 Å². The van der Waals surface area contributed by atoms with Crippen LogP contribution in [0.25, 0.3) is 6.08 Å². The van der Waals surface area contributed by atoms with Crippen molar-refractivity contribution in [3.63, 3.8) is 0 Å². The maximum absolute atomic E-state index is 13.5. The van der Waals surface area contributed by atoms with Crippen molar-refractivity contribution in [1.29, 1.82) is 0 Å². The van der Waals surface area contributed by atoms with Gasteiger partial charge in [-0.3, -0.25) is 10.2 Å². The van der Waals surface area contributed by atoms with Crippen molar-refractivity contribution in [2.45, 2.75) is 6.61 Å². The summed E-state index contributed by atoms with van der Waals surface area (Å²) in [6, 6.07) is 11.8. The van der Waals surface area contributed by atoms with Gasteiger partial charge in [0.15, 0.2) is 0 Å². The second-order valence-electron chi connectivity index (χ2n) is 4.41. The van der Waals surface area contributed by atoms with Gasteiger partial charge in [0.2, 0.25) is 0 Å². The Balaban J connectivity index is 2.05. The molecule has 0 aliphatic carbocycles. The second-order valence-corrected chi connectivity index (χ2v) is 5.27. The molecular formula is C16H14BrFN2O2. The van der Waals surface area contributed by atoms with Crippen molar-refractivity contribution in [3.8, 4) is 5.75 Å². The standard InChI is InChI=1S/C16H14BrFN2O2/c17-13-9-11(6-8-16(21)20-19)5-7-15(13)22-10-12-3-1-2-4-14(12)18/h1-9H,10,19H2,(H,20,21)/b8-6+. The van der Waals surface area contributed by atoms with Crippen molar-refractivity contribution >= 4 is 27.9 Å². The summed E-state index contributed by atoms with van der Waals surface area (Å²) in [4.78, 5) is 11.0. The molecule has 0 aromatic heterocycles. The molecule has 3 N–H and O–H groups in total. The SMILES string of the molecule is NNC(=O)/C=C/c1ccc(OCc2ccccc2F)c(Br)c1. The fourth-order valence-electron chi connectivity index (χ4n) is 1.73. The molecule has 2 rings (SSSR count). The van der Waals surface area contributed by atoms with Crippen LogP contribution in [-0.4, -0.2) is 5.91 Å². The topological polar surface area (TPSA) is 64.3 Å². The number of nitrogens with two attached hydrogens (primary N) is 1. The van der Waals surface area contributed by atoms with E-state index in [0.29, 0.717) is 15.8 Å². The van der Waals surface area contributed by atoms with E-state index in [2.05, 4.69) is 15.9 Å². The van der Waals surface area contributed by atoms with Crippen LogP contribution in [0.3, 0.4) is 0 Å². The number of carbonyl (C=O) groups is 1. The predicted octanol–water partition coefficient (Wildman–Crippen LogP) is 3.17. The summed E-state index contributed by atoms with van der Waals surface area (Å²) in [7, 11) is 0. The molecule has 0 unspecified atom stereocenters. The van der Waals surface area contributed by atoms with Crippen LogP contribution in [0.4, 0.5) is 4.39 Å². The molecule has 0 aliphatic rings. The third-order valence-electron chi connectivity index (χ3n) is 2.87. The highest BCUT2D eigenvalue weighted by Gasteiger charge is 2.05. The highest BCUT2D eigenvalue weighted by molar-refractivity contribution is 9.10. The van der Waals surface area contributed by atoms with Gasteiger partial charge in [-0.25, -0.2) is 10.2 Å². The monoisotopic (exact) mass is 364 g/mol. The van der Waals surface area contributed by atoms with E-state index in [1.807, 2.05) is 5.43 Å². The number of halogens is 2. The van der Waals surface area contributed by atoms with Crippen molar-refractivity contribution in [1.82, 2.24) is 5.43 Å². The van der Waals surface area contributed by atoms with Crippen LogP contribution < -0.4 is 16.0 Å². The quantitative estimate of drug-likeness (QED) is 0.370. The Kier molecular flexibility index (Phi) is 5.68. The zero-order valence-corrected chi connectivity index (χ0v) is 13.1. The number of nitrogens with one attached hydrogen (secondary N) is 1. The van der Waals surface area contributed by atoms with Gasteiger partial charge in [0, 0.05) is 11.6 Å². The lowest BCUT2D eigenvalue weighted by Crippen LogP contribution is -2.27. The van der Waals surface area contributed by atoms with Crippen LogP contribution in [0.5, 0.6) is 5.75 Å². The molecule has 0 spiro atoms. The van der Waals surface area contributed by atoms with E-state index in [0.717, 1.165) is 5.56 Å². The van der Waals surface area contributed by atoms with Crippen molar-refractivity contribution in [2.24, 2.45) is 5.84 Å². The average Bonchev–Trinajstić information content (AvgIpc) is 2.53. The fourth-order valence-corrected chi connectivity index (χ4v) is 2.24. The number of hydrogen-bond donors (Lipinski definition) is 2. The van der Waals surface area contributed by atoms with Crippen molar-refractivity contribution in [2.75, 3.05) is 0 Å². The first kappa shape index (κ1) is 16.2. The predicted molar refractivity (Wildman–Crippen MR) is 86.2 cm³/mol. The summed E-state index contributed by atoms with van der Waals surface area (Å²) >= 11 is 3.39. The Labute approximate surface area is 135 Å². The van der Waals surface area contributed by atoms with Gasteiger partial charge in [-0.2, -0.15) is 0 Å². The van der Waals surface area contributed by atoms with Gasteiger partial charge in [-0.05, 0) is 45.8 Å². The molecule has 0 bridgehead atoms. The Morgan fingerprint density at radius 2 is 2.09 bits per heavy atom. The Hall–Kier alpha value is -2.18. The molecule has 0 saturated carbocycles. The average molecular weight is 365 g/mol. The second kappa shape index (κ2) is 7.72. The number of amides is 1. The Morgan fingerprint density at radius 1 is 1.32 bits per heavy atom. The highest BCUT2D eigenvalue weighted by Crippen LogP contribution is 2.27. The molecular weight excluding hydrogens is 351 g/mol. The van der Waals surface area contributed by atoms with Gasteiger partial charge in [-0.15, -0.1) is 0 Å². The smallest absolute Gasteiger partial charge is 0.257 e. The summed E-state index contributed by atoms with van der Waals surface area (Å²) in [6.45, 7) is 0.135. The third-order valence-corrected chi connectivity index (χ3v) is 3.49. The third kappa shape index (κ3) is 4.41. The van der Waals surface area contributed by atoms with E-state index in [-0.39, 0.29) is 12.4 Å². The minimum absolute atomic E-state index is 0.135. The van der Waals surface area contributed by atoms with Crippen LogP contribution in [0.1, 0.15) is 11.1 Å². The molecule has 1 amide bonds. The van der Waals surface area contributed by atoms with Gasteiger partial charge < -0.3 is 4.74 Å². The molecule has 114 valence electrons. The van der Waals surface area contributed by atoms with Crippen LogP contribution in [0.2, 0.25) is 0 Å². The number of rotatable bonds is 5. The minimum atomic E-state index is -0.393. The van der Waals surface area contributed by atoms with Crippen molar-refractivity contribution < 1.29 is 13.9 Å². The van der Waals surface area contributed by atoms with E-state index in [9.17, 15) is 9.18 Å². The first-order valence-corrected chi connectivity index (χ1v) is 7.24. The Morgan fingerprint density at radius 3 is 2.77 bits per heavy atom. The zero-order chi connectivity index (χ0) is 15.9. The van der Waals surface area contributed by atoms with Crippen molar-refractivity contribution in [3.05, 3.63) is 70.0 Å². The minimum Gasteiger partial charge on any atom is -0.488 e. The molecule has 0 saturated heterocycles. The molecule has 6 heteroatoms. The largest absolute Gasteiger partial charge is 0.488 e. The van der Waals surface area contributed by atoms with Crippen LogP contribution >= 0.6 is 15.9 Å². The van der Waals surface area contributed by atoms with E-state index in [1.165, 1.54) is 12.1 Å². The molecule has 2 aromatic carbocycles. The molecule has 22 heavy (non-hydrogen) atoms. The lowest BCUT2D eigenvalue weighted by atomic mass is 10.2. The number of hydrazine groups is 1. The normalized spacial score (nSPS) is 10.7. The van der Waals surface area contributed by atoms with E-state index < -0.39 is 5.91 Å². The molecule has 0 heterocycles. The number of ether oxygens (including phenoxy) is 1. The van der Waals surface area contributed by atoms with Gasteiger partial charge >= 0.3 is 0 Å². The van der Waals surface area contributed by atoms with Crippen LogP contribution in [0.15, 0.2) is 53.0 Å². The number of benzene rings is 2. The van der Waals surface area contributed by atoms with E-state index >= 15 is 0 Å². The maximum atomic E-state index is 13.5. The lowest BCUT2D eigenvalue weighted by Gasteiger charge is -2.09. The summed E-state index contributed by atoms with van der Waals surface area (Å²) in [5.41, 5.74) is 3.29. The summed E-state index contributed by atoms with van der Waals surface area (Å²) < 4.78 is 19.8. The zero-order valence-electron chi connectivity index (χ0n) is 11.6. The molecule has 0 atom stereocenters. The van der Waals surface area contributed by atoms with Gasteiger partial charge in [-0.1, -0.05) is 24.3 Å². The number of carbonyl (C=O) groups excluding carboxylic acids is 1. The fraction of sp³-hybridized carbons (Fsp3) is 0.0625. The maximum Gasteiger partial charge on any atom is 0.257 e. The molecule has 0 fully saturated rings. The van der Waals surface area contributed by atoms with Crippen LogP contribution in [-0.2, 0) is 11.4 Å². The van der Waals surface area contributed by atoms with Crippen LogP contribution in [0, 0.1) is 5.82 Å². The summed E-state index contributed by atoms with van der Waals surface area (Å²) in [6.07, 6.45) is 2.94. The summed E-state index contributed by atoms with van der Waals surface area (Å²) in [5.74, 6) is 4.88. The first-order chi connectivity index (χ1) is 10.6. The lowest BCUT2D eigenvalue weighted by molar-refractivity contribution is -0.116. The molecule has 0 radical (unpaired) electrons.